The molecule has 0 saturated heterocycles. The van der Waals surface area contributed by atoms with Crippen LogP contribution in [0.25, 0.3) is 0 Å². The van der Waals surface area contributed by atoms with E-state index in [1.54, 1.807) is 12.3 Å². The van der Waals surface area contributed by atoms with Gasteiger partial charge in [-0.1, -0.05) is 11.6 Å². The van der Waals surface area contributed by atoms with Crippen LogP contribution in [-0.2, 0) is 0 Å². The fourth-order valence-corrected chi connectivity index (χ4v) is 2.06. The largest absolute Gasteiger partial charge is 0.493 e. The Bertz CT molecular complexity index is 655. The van der Waals surface area contributed by atoms with Gasteiger partial charge in [0.05, 0.1) is 24.9 Å². The van der Waals surface area contributed by atoms with E-state index in [4.69, 9.17) is 21.1 Å². The molecular weight excluding hydrogens is 294 g/mol. The highest BCUT2D eigenvalue weighted by Gasteiger charge is 2.16. The summed E-state index contributed by atoms with van der Waals surface area (Å²) >= 11 is 6.14. The number of ether oxygens (including phenoxy) is 2. The van der Waals surface area contributed by atoms with E-state index in [1.807, 2.05) is 13.8 Å². The molecule has 1 aromatic carbocycles. The number of amides is 1. The Morgan fingerprint density at radius 3 is 2.81 bits per heavy atom. The van der Waals surface area contributed by atoms with Gasteiger partial charge in [0.25, 0.3) is 5.91 Å². The summed E-state index contributed by atoms with van der Waals surface area (Å²) in [6, 6.07) is 3.12. The highest BCUT2D eigenvalue weighted by Crippen LogP contribution is 2.36. The number of hydrogen-bond donors (Lipinski definition) is 2. The molecule has 112 valence electrons. The molecule has 1 heterocycles. The van der Waals surface area contributed by atoms with Crippen molar-refractivity contribution in [2.75, 3.05) is 19.0 Å². The first-order valence-electron chi connectivity index (χ1n) is 6.38. The van der Waals surface area contributed by atoms with Crippen molar-refractivity contribution >= 4 is 23.3 Å². The van der Waals surface area contributed by atoms with E-state index in [0.29, 0.717) is 34.5 Å². The van der Waals surface area contributed by atoms with Gasteiger partial charge in [0.2, 0.25) is 0 Å². The zero-order chi connectivity index (χ0) is 15.4. The van der Waals surface area contributed by atoms with Crippen molar-refractivity contribution in [3.8, 4) is 11.5 Å². The van der Waals surface area contributed by atoms with Crippen LogP contribution in [0.2, 0.25) is 5.02 Å². The number of rotatable bonds is 5. The van der Waals surface area contributed by atoms with Gasteiger partial charge in [0, 0.05) is 11.1 Å². The lowest BCUT2D eigenvalue weighted by Crippen LogP contribution is -2.13. The lowest BCUT2D eigenvalue weighted by atomic mass is 10.2. The smallest absolute Gasteiger partial charge is 0.257 e. The van der Waals surface area contributed by atoms with E-state index in [-0.39, 0.29) is 5.91 Å². The van der Waals surface area contributed by atoms with E-state index in [2.05, 4.69) is 15.5 Å². The minimum Gasteiger partial charge on any atom is -0.493 e. The molecule has 7 heteroatoms. The number of nitrogens with one attached hydrogen (secondary N) is 2. The SMILES string of the molecule is CCOc1c(Cl)cc(C(=O)Nc2[nH]ncc2C)cc1OC. The van der Waals surface area contributed by atoms with Gasteiger partial charge in [-0.3, -0.25) is 9.89 Å². The lowest BCUT2D eigenvalue weighted by Gasteiger charge is -2.13. The summed E-state index contributed by atoms with van der Waals surface area (Å²) in [5.74, 6) is 1.07. The van der Waals surface area contributed by atoms with Gasteiger partial charge in [0.15, 0.2) is 11.5 Å². The topological polar surface area (TPSA) is 76.2 Å². The average molecular weight is 310 g/mol. The van der Waals surface area contributed by atoms with Crippen molar-refractivity contribution in [1.29, 1.82) is 0 Å². The number of carbonyl (C=O) groups is 1. The number of halogens is 1. The Labute approximate surface area is 127 Å². The second-order valence-electron chi connectivity index (χ2n) is 4.30. The maximum absolute atomic E-state index is 12.2. The second-order valence-corrected chi connectivity index (χ2v) is 4.71. The maximum atomic E-state index is 12.2. The Kier molecular flexibility index (Phi) is 4.70. The zero-order valence-electron chi connectivity index (χ0n) is 12.0. The minimum absolute atomic E-state index is 0.314. The predicted octanol–water partition coefficient (Wildman–Crippen LogP) is 3.03. The normalized spacial score (nSPS) is 10.3. The van der Waals surface area contributed by atoms with Gasteiger partial charge in [-0.15, -0.1) is 0 Å². The van der Waals surface area contributed by atoms with E-state index in [0.717, 1.165) is 5.56 Å². The molecule has 6 nitrogen and oxygen atoms in total. The van der Waals surface area contributed by atoms with Gasteiger partial charge in [-0.25, -0.2) is 0 Å². The zero-order valence-corrected chi connectivity index (χ0v) is 12.7. The molecule has 0 radical (unpaired) electrons. The number of carbonyl (C=O) groups excluding carboxylic acids is 1. The maximum Gasteiger partial charge on any atom is 0.257 e. The van der Waals surface area contributed by atoms with Crippen LogP contribution in [0, 0.1) is 6.92 Å². The molecule has 1 aromatic heterocycles. The molecule has 0 aliphatic rings. The van der Waals surface area contributed by atoms with Crippen molar-refractivity contribution in [2.24, 2.45) is 0 Å². The third-order valence-corrected chi connectivity index (χ3v) is 3.13. The Hall–Kier alpha value is -2.21. The third kappa shape index (κ3) is 3.28. The molecule has 0 atom stereocenters. The van der Waals surface area contributed by atoms with Crippen LogP contribution in [0.1, 0.15) is 22.8 Å². The molecule has 2 N–H and O–H groups in total. The number of aromatic amines is 1. The predicted molar refractivity (Wildman–Crippen MR) is 80.5 cm³/mol. The van der Waals surface area contributed by atoms with Gasteiger partial charge in [0.1, 0.15) is 5.82 Å². The first kappa shape index (κ1) is 15.2. The lowest BCUT2D eigenvalue weighted by molar-refractivity contribution is 0.102. The van der Waals surface area contributed by atoms with Gasteiger partial charge < -0.3 is 14.8 Å². The van der Waals surface area contributed by atoms with Gasteiger partial charge in [-0.05, 0) is 26.0 Å². The van der Waals surface area contributed by atoms with Crippen molar-refractivity contribution in [3.05, 3.63) is 34.5 Å². The number of aryl methyl sites for hydroxylation is 1. The summed E-state index contributed by atoms with van der Waals surface area (Å²) in [4.78, 5) is 12.2. The highest BCUT2D eigenvalue weighted by atomic mass is 35.5. The second kappa shape index (κ2) is 6.49. The number of hydrogen-bond acceptors (Lipinski definition) is 4. The van der Waals surface area contributed by atoms with Crippen LogP contribution < -0.4 is 14.8 Å². The first-order chi connectivity index (χ1) is 10.1. The van der Waals surface area contributed by atoms with E-state index >= 15 is 0 Å². The van der Waals surface area contributed by atoms with E-state index in [9.17, 15) is 4.79 Å². The van der Waals surface area contributed by atoms with Crippen LogP contribution in [0.3, 0.4) is 0 Å². The highest BCUT2D eigenvalue weighted by molar-refractivity contribution is 6.32. The molecule has 0 aliphatic heterocycles. The molecule has 21 heavy (non-hydrogen) atoms. The molecule has 0 unspecified atom stereocenters. The minimum atomic E-state index is -0.314. The molecule has 0 spiro atoms. The number of aromatic nitrogens is 2. The summed E-state index contributed by atoms with van der Waals surface area (Å²) < 4.78 is 10.6. The molecule has 2 aromatic rings. The van der Waals surface area contributed by atoms with Crippen LogP contribution in [0.4, 0.5) is 5.82 Å². The fraction of sp³-hybridized carbons (Fsp3) is 0.286. The van der Waals surface area contributed by atoms with Gasteiger partial charge >= 0.3 is 0 Å². The third-order valence-electron chi connectivity index (χ3n) is 2.85. The molecule has 2 rings (SSSR count). The molecule has 1 amide bonds. The van der Waals surface area contributed by atoms with Crippen LogP contribution >= 0.6 is 11.6 Å². The van der Waals surface area contributed by atoms with Crippen LogP contribution in [0.5, 0.6) is 11.5 Å². The van der Waals surface area contributed by atoms with Crippen LogP contribution in [-0.4, -0.2) is 29.8 Å². The first-order valence-corrected chi connectivity index (χ1v) is 6.76. The molecule has 0 saturated carbocycles. The molecule has 0 aliphatic carbocycles. The summed E-state index contributed by atoms with van der Waals surface area (Å²) in [5.41, 5.74) is 1.21. The van der Waals surface area contributed by atoms with Crippen molar-refractivity contribution in [2.45, 2.75) is 13.8 Å². The van der Waals surface area contributed by atoms with E-state index < -0.39 is 0 Å². The van der Waals surface area contributed by atoms with Crippen molar-refractivity contribution < 1.29 is 14.3 Å². The summed E-state index contributed by atoms with van der Waals surface area (Å²) in [5, 5.41) is 9.60. The summed E-state index contributed by atoms with van der Waals surface area (Å²) in [7, 11) is 1.49. The standard InChI is InChI=1S/C14H16ClN3O3/c1-4-21-12-10(15)5-9(6-11(12)20-3)14(19)17-13-8(2)7-16-18-13/h5-7H,4H2,1-3H3,(H2,16,17,18,19). The Balaban J connectivity index is 2.29. The number of anilines is 1. The molecule has 0 fully saturated rings. The molecule has 0 bridgehead atoms. The number of methoxy groups -OCH3 is 1. The van der Waals surface area contributed by atoms with E-state index in [1.165, 1.54) is 13.2 Å². The quantitative estimate of drug-likeness (QED) is 0.890. The van der Waals surface area contributed by atoms with Crippen molar-refractivity contribution in [1.82, 2.24) is 10.2 Å². The number of benzene rings is 1. The Morgan fingerprint density at radius 1 is 1.48 bits per heavy atom. The number of nitrogens with zero attached hydrogens (tertiary/aromatic N) is 1. The molecular formula is C14H16ClN3O3. The summed E-state index contributed by atoms with van der Waals surface area (Å²) in [6.45, 7) is 4.14. The number of H-pyrrole nitrogens is 1. The van der Waals surface area contributed by atoms with Crippen LogP contribution in [0.15, 0.2) is 18.3 Å². The monoisotopic (exact) mass is 309 g/mol. The Morgan fingerprint density at radius 2 is 2.24 bits per heavy atom. The average Bonchev–Trinajstić information content (AvgIpc) is 2.86. The van der Waals surface area contributed by atoms with Gasteiger partial charge in [-0.2, -0.15) is 5.10 Å². The summed E-state index contributed by atoms with van der Waals surface area (Å²) in [6.07, 6.45) is 1.63. The van der Waals surface area contributed by atoms with Crippen molar-refractivity contribution in [3.63, 3.8) is 0 Å². The fourth-order valence-electron chi connectivity index (χ4n) is 1.79.